The largest absolute Gasteiger partial charge is 0.422 e. The number of fused-ring (bicyclic) bond motifs is 1. The van der Waals surface area contributed by atoms with Gasteiger partial charge in [0.25, 0.3) is 5.56 Å². The minimum Gasteiger partial charge on any atom is -0.422 e. The van der Waals surface area contributed by atoms with Crippen molar-refractivity contribution >= 4 is 28.4 Å². The van der Waals surface area contributed by atoms with Crippen molar-refractivity contribution < 1.29 is 9.21 Å². The maximum absolute atomic E-state index is 12.7. The Morgan fingerprint density at radius 3 is 2.57 bits per heavy atom. The average molecular weight is 393 g/mol. The van der Waals surface area contributed by atoms with Crippen molar-refractivity contribution in [2.24, 2.45) is 0 Å². The maximum Gasteiger partial charge on any atom is 0.347 e. The molecule has 0 fully saturated rings. The summed E-state index contributed by atoms with van der Waals surface area (Å²) in [6.45, 7) is -0.379. The van der Waals surface area contributed by atoms with E-state index in [1.54, 1.807) is 24.3 Å². The molecule has 4 aromatic rings. The highest BCUT2D eigenvalue weighted by Gasteiger charge is 2.16. The zero-order valence-electron chi connectivity index (χ0n) is 14.5. The summed E-state index contributed by atoms with van der Waals surface area (Å²) >= 11 is 5.96. The van der Waals surface area contributed by atoms with Crippen LogP contribution in [0.2, 0.25) is 5.02 Å². The fourth-order valence-electron chi connectivity index (χ4n) is 2.83. The first-order valence-corrected chi connectivity index (χ1v) is 8.79. The number of hydrogen-bond acceptors (Lipinski definition) is 5. The fourth-order valence-corrected chi connectivity index (χ4v) is 3.02. The van der Waals surface area contributed by atoms with Crippen LogP contribution in [-0.2, 0) is 6.54 Å². The Morgan fingerprint density at radius 1 is 1.00 bits per heavy atom. The van der Waals surface area contributed by atoms with Gasteiger partial charge in [-0.3, -0.25) is 9.59 Å². The molecule has 0 aliphatic carbocycles. The van der Waals surface area contributed by atoms with E-state index in [-0.39, 0.29) is 12.1 Å². The molecule has 0 spiro atoms. The van der Waals surface area contributed by atoms with Gasteiger partial charge in [-0.15, -0.1) is 0 Å². The first kappa shape index (κ1) is 17.9. The van der Waals surface area contributed by atoms with Crippen LogP contribution < -0.4 is 11.2 Å². The number of carbonyl (C=O) groups excluding carboxylic acids is 1. The molecule has 4 rings (SSSR count). The second-order valence-electron chi connectivity index (χ2n) is 6.13. The van der Waals surface area contributed by atoms with E-state index < -0.39 is 17.0 Å². The third-order valence-electron chi connectivity index (χ3n) is 4.22. The average Bonchev–Trinajstić information content (AvgIpc) is 2.70. The predicted molar refractivity (Wildman–Crippen MR) is 106 cm³/mol. The Kier molecular flexibility index (Phi) is 4.63. The van der Waals surface area contributed by atoms with Crippen LogP contribution >= 0.6 is 11.6 Å². The number of carbonyl (C=O) groups is 1. The van der Waals surface area contributed by atoms with Crippen LogP contribution in [0.5, 0.6) is 0 Å². The molecule has 28 heavy (non-hydrogen) atoms. The quantitative estimate of drug-likeness (QED) is 0.392. The van der Waals surface area contributed by atoms with Crippen molar-refractivity contribution in [3.05, 3.63) is 98.1 Å². The Bertz CT molecular complexity index is 1310. The lowest BCUT2D eigenvalue weighted by Gasteiger charge is -2.07. The van der Waals surface area contributed by atoms with Gasteiger partial charge in [-0.2, -0.15) is 5.10 Å². The third kappa shape index (κ3) is 3.50. The zero-order valence-corrected chi connectivity index (χ0v) is 15.2. The van der Waals surface area contributed by atoms with Gasteiger partial charge in [-0.25, -0.2) is 9.48 Å². The Balaban J connectivity index is 1.71. The van der Waals surface area contributed by atoms with E-state index >= 15 is 0 Å². The lowest BCUT2D eigenvalue weighted by Crippen LogP contribution is -2.28. The monoisotopic (exact) mass is 392 g/mol. The van der Waals surface area contributed by atoms with Gasteiger partial charge in [0.05, 0.1) is 5.69 Å². The summed E-state index contributed by atoms with van der Waals surface area (Å²) in [5.41, 5.74) is 0.308. The second kappa shape index (κ2) is 7.25. The van der Waals surface area contributed by atoms with E-state index in [1.807, 2.05) is 30.3 Å². The fraction of sp³-hybridized carbons (Fsp3) is 0.0476. The molecule has 138 valence electrons. The molecule has 0 bridgehead atoms. The lowest BCUT2D eigenvalue weighted by molar-refractivity contribution is 0.0962. The van der Waals surface area contributed by atoms with Gasteiger partial charge >= 0.3 is 5.63 Å². The number of ketones is 1. The minimum atomic E-state index is -0.771. The van der Waals surface area contributed by atoms with Crippen molar-refractivity contribution in [2.45, 2.75) is 6.54 Å². The van der Waals surface area contributed by atoms with E-state index in [4.69, 9.17) is 16.0 Å². The van der Waals surface area contributed by atoms with Gasteiger partial charge in [0, 0.05) is 22.0 Å². The molecule has 0 aliphatic rings. The van der Waals surface area contributed by atoms with E-state index in [9.17, 15) is 14.4 Å². The minimum absolute atomic E-state index is 0.159. The van der Waals surface area contributed by atoms with Crippen LogP contribution in [0.4, 0.5) is 0 Å². The smallest absolute Gasteiger partial charge is 0.347 e. The van der Waals surface area contributed by atoms with E-state index in [0.717, 1.165) is 10.2 Å². The van der Waals surface area contributed by atoms with Gasteiger partial charge in [-0.1, -0.05) is 41.9 Å². The lowest BCUT2D eigenvalue weighted by atomic mass is 10.1. The topological polar surface area (TPSA) is 82.2 Å². The molecule has 0 amide bonds. The van der Waals surface area contributed by atoms with Gasteiger partial charge in [-0.05, 0) is 30.3 Å². The van der Waals surface area contributed by atoms with Crippen LogP contribution in [-0.4, -0.2) is 15.6 Å². The molecule has 2 heterocycles. The summed E-state index contributed by atoms with van der Waals surface area (Å²) in [5, 5.41) is 5.22. The molecule has 0 radical (unpaired) electrons. The summed E-state index contributed by atoms with van der Waals surface area (Å²) in [6, 6.07) is 18.4. The molecule has 7 heteroatoms. The highest BCUT2D eigenvalue weighted by Crippen LogP contribution is 2.19. The van der Waals surface area contributed by atoms with Crippen LogP contribution in [0, 0.1) is 0 Å². The van der Waals surface area contributed by atoms with Crippen molar-refractivity contribution in [1.82, 2.24) is 9.78 Å². The number of hydrogen-bond donors (Lipinski definition) is 0. The molecular weight excluding hydrogens is 380 g/mol. The van der Waals surface area contributed by atoms with Crippen LogP contribution in [0.15, 0.2) is 80.7 Å². The maximum atomic E-state index is 12.7. The molecule has 0 saturated heterocycles. The highest BCUT2D eigenvalue weighted by atomic mass is 35.5. The summed E-state index contributed by atoms with van der Waals surface area (Å²) < 4.78 is 6.22. The van der Waals surface area contributed by atoms with Gasteiger partial charge in [0.15, 0.2) is 5.78 Å². The first-order valence-electron chi connectivity index (χ1n) is 8.41. The number of nitrogens with zero attached hydrogens (tertiary/aromatic N) is 2. The summed E-state index contributed by atoms with van der Waals surface area (Å²) in [7, 11) is 0. The van der Waals surface area contributed by atoms with Crippen molar-refractivity contribution in [1.29, 1.82) is 0 Å². The van der Waals surface area contributed by atoms with Crippen LogP contribution in [0.3, 0.4) is 0 Å². The van der Waals surface area contributed by atoms with Crippen molar-refractivity contribution in [3.63, 3.8) is 0 Å². The van der Waals surface area contributed by atoms with Crippen LogP contribution in [0.25, 0.3) is 22.2 Å². The molecule has 2 aromatic heterocycles. The van der Waals surface area contributed by atoms with Gasteiger partial charge in [0.2, 0.25) is 0 Å². The van der Waals surface area contributed by atoms with Gasteiger partial charge in [0.1, 0.15) is 17.7 Å². The molecule has 0 atom stereocenters. The molecule has 0 unspecified atom stereocenters. The molecule has 0 N–H and O–H groups in total. The molecule has 0 aliphatic heterocycles. The third-order valence-corrected chi connectivity index (χ3v) is 4.46. The molecular formula is C21H13ClN2O4. The summed E-state index contributed by atoms with van der Waals surface area (Å²) in [4.78, 5) is 37.0. The van der Waals surface area contributed by atoms with E-state index in [2.05, 4.69) is 5.10 Å². The highest BCUT2D eigenvalue weighted by molar-refractivity contribution is 6.31. The molecule has 0 saturated carbocycles. The van der Waals surface area contributed by atoms with E-state index in [1.165, 1.54) is 12.1 Å². The molecule has 6 nitrogen and oxygen atoms in total. The van der Waals surface area contributed by atoms with Gasteiger partial charge < -0.3 is 4.42 Å². The van der Waals surface area contributed by atoms with Crippen LogP contribution in [0.1, 0.15) is 10.4 Å². The predicted octanol–water partition coefficient (Wildman–Crippen LogP) is 3.55. The number of benzene rings is 2. The summed E-state index contributed by atoms with van der Waals surface area (Å²) in [6.07, 6.45) is 0. The zero-order chi connectivity index (χ0) is 19.7. The second-order valence-corrected chi connectivity index (χ2v) is 6.57. The number of aromatic nitrogens is 2. The SMILES string of the molecule is O=C(Cn1nc(-c2ccccc2)ccc1=O)c1cc2cc(Cl)ccc2oc1=O. The number of rotatable bonds is 4. The molecule has 2 aromatic carbocycles. The number of halogens is 1. The van der Waals surface area contributed by atoms with Crippen molar-refractivity contribution in [3.8, 4) is 11.3 Å². The van der Waals surface area contributed by atoms with Crippen molar-refractivity contribution in [2.75, 3.05) is 0 Å². The normalized spacial score (nSPS) is 10.9. The summed E-state index contributed by atoms with van der Waals surface area (Å²) in [5.74, 6) is -0.574. The number of Topliss-reactive ketones (excluding diaryl/α,β-unsaturated/α-hetero) is 1. The first-order chi connectivity index (χ1) is 13.5. The Hall–Kier alpha value is -3.51. The van der Waals surface area contributed by atoms with E-state index in [0.29, 0.717) is 21.7 Å². The Morgan fingerprint density at radius 2 is 1.79 bits per heavy atom. The standard InChI is InChI=1S/C21H13ClN2O4/c22-15-6-8-19-14(10-15)11-16(21(27)28-19)18(25)12-24-20(26)9-7-17(23-24)13-4-2-1-3-5-13/h1-11H,12H2. The Labute approximate surface area is 163 Å².